The predicted octanol–water partition coefficient (Wildman–Crippen LogP) is 2.35. The van der Waals surface area contributed by atoms with Gasteiger partial charge in [-0.25, -0.2) is 9.78 Å². The van der Waals surface area contributed by atoms with Crippen LogP contribution in [0.5, 0.6) is 11.5 Å². The Morgan fingerprint density at radius 3 is 2.67 bits per heavy atom. The lowest BCUT2D eigenvalue weighted by Crippen LogP contribution is -2.43. The van der Waals surface area contributed by atoms with E-state index in [1.54, 1.807) is 32.8 Å². The number of hydrogen-bond acceptors (Lipinski definition) is 4. The van der Waals surface area contributed by atoms with Crippen molar-refractivity contribution < 1.29 is 14.3 Å². The van der Waals surface area contributed by atoms with Crippen LogP contribution in [0.25, 0.3) is 0 Å². The number of hydrogen-bond donors (Lipinski definition) is 2. The van der Waals surface area contributed by atoms with Crippen molar-refractivity contribution in [3.8, 4) is 11.5 Å². The lowest BCUT2D eigenvalue weighted by atomic mass is 10.1. The number of ether oxygens (including phenoxy) is 2. The van der Waals surface area contributed by atoms with Crippen LogP contribution in [0.4, 0.5) is 4.79 Å². The van der Waals surface area contributed by atoms with E-state index in [1.165, 1.54) is 0 Å². The van der Waals surface area contributed by atoms with Gasteiger partial charge in [0.1, 0.15) is 11.5 Å². The molecule has 0 spiro atoms. The molecule has 0 aliphatic carbocycles. The standard InChI is InChI=1S/C17H24N4O3/c1-12(10-21-8-7-18-11-21)19-17(22)20-13(2)15-6-5-14(23-3)9-16(15)24-4/h5-9,11-13H,10H2,1-4H3,(H2,19,20,22)/t12-,13+/m1/s1. The Balaban J connectivity index is 1.93. The number of carbonyl (C=O) groups is 1. The van der Waals surface area contributed by atoms with Gasteiger partial charge in [0.15, 0.2) is 0 Å². The first kappa shape index (κ1) is 17.7. The van der Waals surface area contributed by atoms with Crippen molar-refractivity contribution in [3.05, 3.63) is 42.5 Å². The van der Waals surface area contributed by atoms with E-state index in [9.17, 15) is 4.79 Å². The van der Waals surface area contributed by atoms with Crippen LogP contribution >= 0.6 is 0 Å². The quantitative estimate of drug-likeness (QED) is 0.816. The second-order valence-electron chi connectivity index (χ2n) is 5.61. The Hall–Kier alpha value is -2.70. The SMILES string of the molecule is COc1ccc([C@H](C)NC(=O)N[C@H](C)Cn2ccnc2)c(OC)c1. The lowest BCUT2D eigenvalue weighted by Gasteiger charge is -2.20. The normalized spacial score (nSPS) is 13.0. The fourth-order valence-electron chi connectivity index (χ4n) is 2.47. The van der Waals surface area contributed by atoms with Gasteiger partial charge >= 0.3 is 6.03 Å². The van der Waals surface area contributed by atoms with Crippen LogP contribution in [-0.4, -0.2) is 35.8 Å². The molecule has 1 aromatic carbocycles. The van der Waals surface area contributed by atoms with E-state index in [4.69, 9.17) is 9.47 Å². The molecule has 130 valence electrons. The summed E-state index contributed by atoms with van der Waals surface area (Å²) in [7, 11) is 3.20. The molecule has 24 heavy (non-hydrogen) atoms. The van der Waals surface area contributed by atoms with Gasteiger partial charge in [0.2, 0.25) is 0 Å². The molecule has 0 radical (unpaired) electrons. The predicted molar refractivity (Wildman–Crippen MR) is 91.3 cm³/mol. The van der Waals surface area contributed by atoms with E-state index in [1.807, 2.05) is 36.7 Å². The zero-order valence-electron chi connectivity index (χ0n) is 14.4. The molecule has 2 aromatic rings. The fraction of sp³-hybridized carbons (Fsp3) is 0.412. The van der Waals surface area contributed by atoms with Gasteiger partial charge in [0, 0.05) is 36.6 Å². The number of benzene rings is 1. The lowest BCUT2D eigenvalue weighted by molar-refractivity contribution is 0.233. The number of nitrogens with one attached hydrogen (secondary N) is 2. The average molecular weight is 332 g/mol. The minimum Gasteiger partial charge on any atom is -0.497 e. The van der Waals surface area contributed by atoms with E-state index < -0.39 is 0 Å². The van der Waals surface area contributed by atoms with Crippen molar-refractivity contribution in [2.75, 3.05) is 14.2 Å². The maximum absolute atomic E-state index is 12.2. The third-order valence-corrected chi connectivity index (χ3v) is 3.68. The first-order chi connectivity index (χ1) is 11.5. The van der Waals surface area contributed by atoms with Crippen molar-refractivity contribution in [2.45, 2.75) is 32.5 Å². The summed E-state index contributed by atoms with van der Waals surface area (Å²) in [5, 5.41) is 5.84. The number of nitrogens with zero attached hydrogens (tertiary/aromatic N) is 2. The average Bonchev–Trinajstić information content (AvgIpc) is 3.06. The maximum atomic E-state index is 12.2. The van der Waals surface area contributed by atoms with Crippen LogP contribution in [0.2, 0.25) is 0 Å². The number of urea groups is 1. The minimum atomic E-state index is -0.229. The largest absolute Gasteiger partial charge is 0.497 e. The van der Waals surface area contributed by atoms with Crippen molar-refractivity contribution >= 4 is 6.03 Å². The molecule has 1 heterocycles. The van der Waals surface area contributed by atoms with Gasteiger partial charge in [-0.1, -0.05) is 0 Å². The zero-order valence-corrected chi connectivity index (χ0v) is 14.4. The summed E-state index contributed by atoms with van der Waals surface area (Å²) in [6.45, 7) is 4.51. The highest BCUT2D eigenvalue weighted by molar-refractivity contribution is 5.74. The van der Waals surface area contributed by atoms with E-state index >= 15 is 0 Å². The minimum absolute atomic E-state index is 0.0239. The van der Waals surface area contributed by atoms with Gasteiger partial charge in [-0.2, -0.15) is 0 Å². The number of carbonyl (C=O) groups excluding carboxylic acids is 1. The summed E-state index contributed by atoms with van der Waals surface area (Å²) in [6, 6.07) is 5.07. The molecule has 2 N–H and O–H groups in total. The van der Waals surface area contributed by atoms with Gasteiger partial charge in [-0.05, 0) is 26.0 Å². The summed E-state index contributed by atoms with van der Waals surface area (Å²) in [5.74, 6) is 1.38. The van der Waals surface area contributed by atoms with Crippen LogP contribution in [0, 0.1) is 0 Å². The molecular weight excluding hydrogens is 308 g/mol. The smallest absolute Gasteiger partial charge is 0.315 e. The third-order valence-electron chi connectivity index (χ3n) is 3.68. The number of imidazole rings is 1. The molecule has 2 atom stereocenters. The van der Waals surface area contributed by atoms with E-state index in [0.717, 1.165) is 5.56 Å². The number of rotatable bonds is 7. The molecular formula is C17H24N4O3. The topological polar surface area (TPSA) is 77.4 Å². The molecule has 0 fully saturated rings. The summed E-state index contributed by atoms with van der Waals surface area (Å²) in [5.41, 5.74) is 0.885. The Kier molecular flexibility index (Phi) is 6.06. The zero-order chi connectivity index (χ0) is 17.5. The second-order valence-corrected chi connectivity index (χ2v) is 5.61. The van der Waals surface area contributed by atoms with Gasteiger partial charge in [0.25, 0.3) is 0 Å². The molecule has 7 nitrogen and oxygen atoms in total. The summed E-state index contributed by atoms with van der Waals surface area (Å²) in [6.07, 6.45) is 5.30. The van der Waals surface area contributed by atoms with Crippen molar-refractivity contribution in [3.63, 3.8) is 0 Å². The van der Waals surface area contributed by atoms with E-state index in [2.05, 4.69) is 15.6 Å². The Morgan fingerprint density at radius 2 is 2.04 bits per heavy atom. The highest BCUT2D eigenvalue weighted by Gasteiger charge is 2.16. The maximum Gasteiger partial charge on any atom is 0.315 e. The summed E-state index contributed by atoms with van der Waals surface area (Å²) < 4.78 is 12.5. The van der Waals surface area contributed by atoms with E-state index in [0.29, 0.717) is 18.0 Å². The fourth-order valence-corrected chi connectivity index (χ4v) is 2.47. The highest BCUT2D eigenvalue weighted by atomic mass is 16.5. The summed E-state index contributed by atoms with van der Waals surface area (Å²) >= 11 is 0. The van der Waals surface area contributed by atoms with Crippen LogP contribution < -0.4 is 20.1 Å². The van der Waals surface area contributed by atoms with E-state index in [-0.39, 0.29) is 18.1 Å². The Labute approximate surface area is 142 Å². The molecule has 0 aliphatic rings. The Bertz CT molecular complexity index is 658. The highest BCUT2D eigenvalue weighted by Crippen LogP contribution is 2.29. The van der Waals surface area contributed by atoms with Crippen molar-refractivity contribution in [1.82, 2.24) is 20.2 Å². The number of amides is 2. The molecule has 0 aliphatic heterocycles. The molecule has 0 unspecified atom stereocenters. The van der Waals surface area contributed by atoms with Crippen LogP contribution in [0.3, 0.4) is 0 Å². The number of methoxy groups -OCH3 is 2. The molecule has 0 saturated carbocycles. The monoisotopic (exact) mass is 332 g/mol. The van der Waals surface area contributed by atoms with Crippen molar-refractivity contribution in [1.29, 1.82) is 0 Å². The van der Waals surface area contributed by atoms with Crippen LogP contribution in [-0.2, 0) is 6.54 Å². The van der Waals surface area contributed by atoms with Crippen molar-refractivity contribution in [2.24, 2.45) is 0 Å². The molecule has 2 amide bonds. The molecule has 1 aromatic heterocycles. The third kappa shape index (κ3) is 4.65. The number of aromatic nitrogens is 2. The van der Waals surface area contributed by atoms with Gasteiger partial charge < -0.3 is 24.7 Å². The molecule has 0 saturated heterocycles. The first-order valence-electron chi connectivity index (χ1n) is 7.78. The Morgan fingerprint density at radius 1 is 1.25 bits per heavy atom. The van der Waals surface area contributed by atoms with Gasteiger partial charge in [-0.15, -0.1) is 0 Å². The summed E-state index contributed by atoms with van der Waals surface area (Å²) in [4.78, 5) is 16.2. The van der Waals surface area contributed by atoms with Crippen LogP contribution in [0.15, 0.2) is 36.9 Å². The van der Waals surface area contributed by atoms with Crippen LogP contribution in [0.1, 0.15) is 25.5 Å². The van der Waals surface area contributed by atoms with Gasteiger partial charge in [-0.3, -0.25) is 0 Å². The van der Waals surface area contributed by atoms with Gasteiger partial charge in [0.05, 0.1) is 26.6 Å². The molecule has 0 bridgehead atoms. The second kappa shape index (κ2) is 8.24. The molecule has 2 rings (SSSR count). The molecule has 7 heteroatoms. The first-order valence-corrected chi connectivity index (χ1v) is 7.78.